The third-order valence-electron chi connectivity index (χ3n) is 1.94. The molecular weight excluding hydrogens is 154 g/mol. The van der Waals surface area contributed by atoms with Gasteiger partial charge in [0, 0.05) is 18.9 Å². The number of hydrogen-bond acceptors (Lipinski definition) is 3. The molecular formula is C9H15NO2. The van der Waals surface area contributed by atoms with E-state index in [0.29, 0.717) is 19.3 Å². The molecule has 1 aliphatic heterocycles. The van der Waals surface area contributed by atoms with Crippen LogP contribution in [0, 0.1) is 12.3 Å². The van der Waals surface area contributed by atoms with Crippen LogP contribution in [0.3, 0.4) is 0 Å². The van der Waals surface area contributed by atoms with Crippen molar-refractivity contribution in [3.63, 3.8) is 0 Å². The zero-order chi connectivity index (χ0) is 8.81. The van der Waals surface area contributed by atoms with E-state index in [0.717, 1.165) is 12.8 Å². The summed E-state index contributed by atoms with van der Waals surface area (Å²) in [5.74, 6) is 2.62. The molecule has 1 atom stereocenters. The van der Waals surface area contributed by atoms with Crippen molar-refractivity contribution in [3.05, 3.63) is 0 Å². The lowest BCUT2D eigenvalue weighted by Gasteiger charge is -2.16. The van der Waals surface area contributed by atoms with Crippen LogP contribution in [0.15, 0.2) is 0 Å². The van der Waals surface area contributed by atoms with E-state index in [1.54, 1.807) is 0 Å². The Labute approximate surface area is 73.4 Å². The van der Waals surface area contributed by atoms with Gasteiger partial charge in [-0.2, -0.15) is 0 Å². The summed E-state index contributed by atoms with van der Waals surface area (Å²) in [7, 11) is 1.90. The van der Waals surface area contributed by atoms with Crippen molar-refractivity contribution in [2.45, 2.75) is 25.2 Å². The first-order valence-electron chi connectivity index (χ1n) is 4.20. The van der Waals surface area contributed by atoms with E-state index in [4.69, 9.17) is 15.9 Å². The lowest BCUT2D eigenvalue weighted by molar-refractivity contribution is -0.0519. The van der Waals surface area contributed by atoms with Crippen LogP contribution in [0.1, 0.15) is 12.8 Å². The lowest BCUT2D eigenvalue weighted by Crippen LogP contribution is -2.29. The van der Waals surface area contributed by atoms with E-state index < -0.39 is 0 Å². The zero-order valence-corrected chi connectivity index (χ0v) is 7.38. The lowest BCUT2D eigenvalue weighted by atomic mass is 10.1. The van der Waals surface area contributed by atoms with Crippen molar-refractivity contribution < 1.29 is 9.47 Å². The highest BCUT2D eigenvalue weighted by Crippen LogP contribution is 2.11. The maximum absolute atomic E-state index is 5.30. The van der Waals surface area contributed by atoms with Crippen LogP contribution in [-0.2, 0) is 9.47 Å². The number of nitrogens with one attached hydrogen (secondary N) is 1. The van der Waals surface area contributed by atoms with Crippen LogP contribution in [0.2, 0.25) is 0 Å². The quantitative estimate of drug-likeness (QED) is 0.616. The van der Waals surface area contributed by atoms with Crippen LogP contribution in [0.4, 0.5) is 0 Å². The van der Waals surface area contributed by atoms with Gasteiger partial charge in [-0.25, -0.2) is 0 Å². The Morgan fingerprint density at radius 1 is 1.58 bits per heavy atom. The predicted octanol–water partition coefficient (Wildman–Crippen LogP) is 0.361. The molecule has 1 saturated heterocycles. The molecule has 0 spiro atoms. The summed E-state index contributed by atoms with van der Waals surface area (Å²) in [5, 5.41) is 3.13. The molecule has 0 amide bonds. The minimum Gasteiger partial charge on any atom is -0.350 e. The van der Waals surface area contributed by atoms with E-state index in [2.05, 4.69) is 11.2 Å². The topological polar surface area (TPSA) is 30.5 Å². The van der Waals surface area contributed by atoms with Gasteiger partial charge >= 0.3 is 0 Å². The largest absolute Gasteiger partial charge is 0.350 e. The highest BCUT2D eigenvalue weighted by Gasteiger charge is 2.19. The van der Waals surface area contributed by atoms with Crippen LogP contribution in [-0.4, -0.2) is 32.6 Å². The fourth-order valence-electron chi connectivity index (χ4n) is 1.22. The molecule has 3 heteroatoms. The van der Waals surface area contributed by atoms with E-state index in [9.17, 15) is 0 Å². The monoisotopic (exact) mass is 169 g/mol. The molecule has 1 N–H and O–H groups in total. The third kappa shape index (κ3) is 2.82. The van der Waals surface area contributed by atoms with E-state index in [-0.39, 0.29) is 6.29 Å². The molecule has 1 unspecified atom stereocenters. The second-order valence-corrected chi connectivity index (χ2v) is 2.80. The summed E-state index contributed by atoms with van der Waals surface area (Å²) < 4.78 is 10.6. The molecule has 0 radical (unpaired) electrons. The van der Waals surface area contributed by atoms with Gasteiger partial charge in [0.15, 0.2) is 6.29 Å². The van der Waals surface area contributed by atoms with Gasteiger partial charge in [-0.05, 0) is 7.05 Å². The molecule has 12 heavy (non-hydrogen) atoms. The van der Waals surface area contributed by atoms with Crippen LogP contribution in [0.25, 0.3) is 0 Å². The average molecular weight is 169 g/mol. The Bertz CT molecular complexity index is 158. The molecule has 0 aromatic carbocycles. The summed E-state index contributed by atoms with van der Waals surface area (Å²) in [6, 6.07) is 0.304. The van der Waals surface area contributed by atoms with Crippen molar-refractivity contribution in [1.29, 1.82) is 0 Å². The second kappa shape index (κ2) is 5.15. The van der Waals surface area contributed by atoms with Gasteiger partial charge < -0.3 is 14.8 Å². The van der Waals surface area contributed by atoms with Crippen LogP contribution in [0.5, 0.6) is 0 Å². The molecule has 1 fully saturated rings. The molecule has 0 aliphatic carbocycles. The molecule has 3 nitrogen and oxygen atoms in total. The fraction of sp³-hybridized carbons (Fsp3) is 0.778. The highest BCUT2D eigenvalue weighted by molar-refractivity contribution is 4.89. The van der Waals surface area contributed by atoms with Gasteiger partial charge in [-0.3, -0.25) is 0 Å². The van der Waals surface area contributed by atoms with E-state index in [1.165, 1.54) is 0 Å². The van der Waals surface area contributed by atoms with Gasteiger partial charge in [0.2, 0.25) is 0 Å². The van der Waals surface area contributed by atoms with Crippen molar-refractivity contribution in [3.8, 4) is 12.3 Å². The second-order valence-electron chi connectivity index (χ2n) is 2.80. The molecule has 68 valence electrons. The molecule has 1 rings (SSSR count). The molecule has 0 aromatic heterocycles. The summed E-state index contributed by atoms with van der Waals surface area (Å²) in [5.41, 5.74) is 0. The van der Waals surface area contributed by atoms with E-state index >= 15 is 0 Å². The molecule has 0 saturated carbocycles. The maximum Gasteiger partial charge on any atom is 0.159 e. The smallest absolute Gasteiger partial charge is 0.159 e. The minimum absolute atomic E-state index is 0.0594. The first-order chi connectivity index (χ1) is 5.86. The van der Waals surface area contributed by atoms with Crippen molar-refractivity contribution in [2.24, 2.45) is 0 Å². The average Bonchev–Trinajstić information content (AvgIpc) is 2.56. The van der Waals surface area contributed by atoms with E-state index in [1.807, 2.05) is 7.05 Å². The van der Waals surface area contributed by atoms with Crippen molar-refractivity contribution >= 4 is 0 Å². The number of terminal acetylenes is 1. The van der Waals surface area contributed by atoms with Crippen LogP contribution < -0.4 is 5.32 Å². The Morgan fingerprint density at radius 2 is 2.25 bits per heavy atom. The van der Waals surface area contributed by atoms with Crippen LogP contribution >= 0.6 is 0 Å². The summed E-state index contributed by atoms with van der Waals surface area (Å²) in [6.07, 6.45) is 6.70. The molecule has 0 aromatic rings. The first kappa shape index (κ1) is 9.53. The Balaban J connectivity index is 2.21. The molecule has 1 heterocycles. The number of hydrogen-bond donors (Lipinski definition) is 1. The Morgan fingerprint density at radius 3 is 2.75 bits per heavy atom. The van der Waals surface area contributed by atoms with Crippen molar-refractivity contribution in [1.82, 2.24) is 5.32 Å². The molecule has 0 bridgehead atoms. The SMILES string of the molecule is C#CCC(CC1OCCO1)NC. The highest BCUT2D eigenvalue weighted by atomic mass is 16.7. The summed E-state index contributed by atoms with van der Waals surface area (Å²) >= 11 is 0. The van der Waals surface area contributed by atoms with Gasteiger partial charge in [-0.15, -0.1) is 12.3 Å². The number of rotatable bonds is 4. The van der Waals surface area contributed by atoms with Gasteiger partial charge in [0.1, 0.15) is 0 Å². The summed E-state index contributed by atoms with van der Waals surface area (Å²) in [6.45, 7) is 1.41. The maximum atomic E-state index is 5.30. The minimum atomic E-state index is -0.0594. The first-order valence-corrected chi connectivity index (χ1v) is 4.20. The van der Waals surface area contributed by atoms with Gasteiger partial charge in [-0.1, -0.05) is 0 Å². The third-order valence-corrected chi connectivity index (χ3v) is 1.94. The van der Waals surface area contributed by atoms with Gasteiger partial charge in [0.05, 0.1) is 13.2 Å². The number of ether oxygens (including phenoxy) is 2. The normalized spacial score (nSPS) is 20.7. The fourth-order valence-corrected chi connectivity index (χ4v) is 1.22. The predicted molar refractivity (Wildman–Crippen MR) is 46.6 cm³/mol. The summed E-state index contributed by atoms with van der Waals surface area (Å²) in [4.78, 5) is 0. The Hall–Kier alpha value is -0.560. The molecule has 1 aliphatic rings. The Kier molecular flexibility index (Phi) is 4.09. The van der Waals surface area contributed by atoms with Gasteiger partial charge in [0.25, 0.3) is 0 Å². The standard InChI is InChI=1S/C9H15NO2/c1-3-4-8(10-2)7-9-11-5-6-12-9/h1,8-10H,4-7H2,2H3. The zero-order valence-electron chi connectivity index (χ0n) is 7.38. The van der Waals surface area contributed by atoms with Crippen molar-refractivity contribution in [2.75, 3.05) is 20.3 Å².